The third-order valence-electron chi connectivity index (χ3n) is 3.61. The van der Waals surface area contributed by atoms with Gasteiger partial charge >= 0.3 is 0 Å². The Labute approximate surface area is 145 Å². The highest BCUT2D eigenvalue weighted by Crippen LogP contribution is 2.17. The van der Waals surface area contributed by atoms with E-state index in [2.05, 4.69) is 15.2 Å². The molecule has 126 valence electrons. The Morgan fingerprint density at radius 1 is 1.00 bits per heavy atom. The van der Waals surface area contributed by atoms with Crippen molar-refractivity contribution in [2.24, 2.45) is 21.7 Å². The zero-order valence-corrected chi connectivity index (χ0v) is 13.9. The second-order valence-electron chi connectivity index (χ2n) is 5.52. The van der Waals surface area contributed by atoms with E-state index in [0.29, 0.717) is 12.3 Å². The number of ether oxygens (including phenoxy) is 1. The maximum atomic E-state index is 5.85. The van der Waals surface area contributed by atoms with E-state index in [1.54, 1.807) is 0 Å². The summed E-state index contributed by atoms with van der Waals surface area (Å²) in [5.41, 5.74) is 14.0. The monoisotopic (exact) mass is 333 g/mol. The average molecular weight is 333 g/mol. The van der Waals surface area contributed by atoms with Crippen LogP contribution in [0.1, 0.15) is 18.2 Å². The van der Waals surface area contributed by atoms with Gasteiger partial charge in [-0.05, 0) is 31.2 Å². The fraction of sp³-hybridized carbons (Fsp3) is 0.105. The molecule has 3 aromatic rings. The molecule has 0 fully saturated rings. The highest BCUT2D eigenvalue weighted by Gasteiger charge is 2.03. The number of rotatable bonds is 5. The van der Waals surface area contributed by atoms with E-state index in [-0.39, 0.29) is 5.96 Å². The highest BCUT2D eigenvalue weighted by atomic mass is 16.5. The first-order chi connectivity index (χ1) is 12.1. The largest absolute Gasteiger partial charge is 0.487 e. The second kappa shape index (κ2) is 7.44. The van der Waals surface area contributed by atoms with Gasteiger partial charge in [-0.25, -0.2) is 4.98 Å². The van der Waals surface area contributed by atoms with E-state index in [1.807, 2.05) is 67.6 Å². The van der Waals surface area contributed by atoms with E-state index in [1.165, 1.54) is 0 Å². The average Bonchev–Trinajstić information content (AvgIpc) is 2.64. The topological polar surface area (TPSA) is 98.9 Å². The standard InChI is InChI=1S/C19H19N5O/c1-13(23-24-19(20)21)15-6-4-7-17(11-15)25-12-16-10-9-14-5-2-3-8-18(14)22-16/h2-11H,12H2,1H3,(H4,20,21,24). The molecule has 6 nitrogen and oxygen atoms in total. The first-order valence-electron chi connectivity index (χ1n) is 7.83. The highest BCUT2D eigenvalue weighted by molar-refractivity contribution is 5.99. The number of hydrogen-bond donors (Lipinski definition) is 2. The van der Waals surface area contributed by atoms with Gasteiger partial charge in [0.2, 0.25) is 5.96 Å². The van der Waals surface area contributed by atoms with Gasteiger partial charge in [-0.1, -0.05) is 36.4 Å². The molecule has 0 amide bonds. The van der Waals surface area contributed by atoms with Crippen molar-refractivity contribution < 1.29 is 4.74 Å². The maximum Gasteiger partial charge on any atom is 0.211 e. The SMILES string of the molecule is CC(=NN=C(N)N)c1cccc(OCc2ccc3ccccc3n2)c1. The predicted molar refractivity (Wildman–Crippen MR) is 101 cm³/mol. The first kappa shape index (κ1) is 16.4. The van der Waals surface area contributed by atoms with E-state index < -0.39 is 0 Å². The van der Waals surface area contributed by atoms with E-state index in [9.17, 15) is 0 Å². The van der Waals surface area contributed by atoms with Crippen molar-refractivity contribution >= 4 is 22.6 Å². The van der Waals surface area contributed by atoms with Gasteiger partial charge in [0.1, 0.15) is 12.4 Å². The number of hydrogen-bond acceptors (Lipinski definition) is 4. The van der Waals surface area contributed by atoms with Gasteiger partial charge in [0.15, 0.2) is 0 Å². The van der Waals surface area contributed by atoms with Crippen molar-refractivity contribution in [3.05, 3.63) is 71.9 Å². The molecular weight excluding hydrogens is 314 g/mol. The molecule has 0 atom stereocenters. The smallest absolute Gasteiger partial charge is 0.211 e. The molecule has 0 saturated carbocycles. The zero-order chi connectivity index (χ0) is 17.6. The van der Waals surface area contributed by atoms with Crippen LogP contribution in [0.25, 0.3) is 10.9 Å². The van der Waals surface area contributed by atoms with Crippen molar-refractivity contribution in [2.45, 2.75) is 13.5 Å². The second-order valence-corrected chi connectivity index (χ2v) is 5.52. The lowest BCUT2D eigenvalue weighted by Gasteiger charge is -2.08. The summed E-state index contributed by atoms with van der Waals surface area (Å²) in [4.78, 5) is 4.60. The van der Waals surface area contributed by atoms with Crippen LogP contribution in [0.3, 0.4) is 0 Å². The number of pyridine rings is 1. The van der Waals surface area contributed by atoms with Gasteiger partial charge in [0.25, 0.3) is 0 Å². The zero-order valence-electron chi connectivity index (χ0n) is 13.9. The Balaban J connectivity index is 1.73. The summed E-state index contributed by atoms with van der Waals surface area (Å²) in [6.45, 7) is 2.22. The number of aromatic nitrogens is 1. The third-order valence-corrected chi connectivity index (χ3v) is 3.61. The summed E-state index contributed by atoms with van der Waals surface area (Å²) >= 11 is 0. The molecule has 1 heterocycles. The lowest BCUT2D eigenvalue weighted by atomic mass is 10.1. The summed E-state index contributed by atoms with van der Waals surface area (Å²) in [6, 6.07) is 19.6. The molecular formula is C19H19N5O. The molecule has 0 unspecified atom stereocenters. The number of nitrogens with two attached hydrogens (primary N) is 2. The summed E-state index contributed by atoms with van der Waals surface area (Å²) in [5.74, 6) is 0.654. The molecule has 4 N–H and O–H groups in total. The van der Waals surface area contributed by atoms with Crippen molar-refractivity contribution in [3.63, 3.8) is 0 Å². The fourth-order valence-electron chi connectivity index (χ4n) is 2.35. The number of fused-ring (bicyclic) bond motifs is 1. The lowest BCUT2D eigenvalue weighted by molar-refractivity contribution is 0.302. The number of para-hydroxylation sites is 1. The lowest BCUT2D eigenvalue weighted by Crippen LogP contribution is -2.22. The van der Waals surface area contributed by atoms with Crippen LogP contribution in [0.15, 0.2) is 70.9 Å². The van der Waals surface area contributed by atoms with Crippen molar-refractivity contribution in [3.8, 4) is 5.75 Å². The van der Waals surface area contributed by atoms with Crippen LogP contribution in [-0.4, -0.2) is 16.7 Å². The summed E-state index contributed by atoms with van der Waals surface area (Å²) < 4.78 is 5.85. The molecule has 0 radical (unpaired) electrons. The minimum atomic E-state index is -0.0749. The van der Waals surface area contributed by atoms with Crippen molar-refractivity contribution in [2.75, 3.05) is 0 Å². The Hall–Kier alpha value is -3.41. The molecule has 3 rings (SSSR count). The Bertz CT molecular complexity index is 945. The van der Waals surface area contributed by atoms with E-state index in [4.69, 9.17) is 16.2 Å². The molecule has 0 saturated heterocycles. The maximum absolute atomic E-state index is 5.85. The predicted octanol–water partition coefficient (Wildman–Crippen LogP) is 2.81. The minimum absolute atomic E-state index is 0.0749. The van der Waals surface area contributed by atoms with Crippen LogP contribution >= 0.6 is 0 Å². The van der Waals surface area contributed by atoms with Gasteiger partial charge in [0, 0.05) is 10.9 Å². The van der Waals surface area contributed by atoms with Crippen LogP contribution < -0.4 is 16.2 Å². The van der Waals surface area contributed by atoms with E-state index >= 15 is 0 Å². The van der Waals surface area contributed by atoms with Crippen LogP contribution in [0.2, 0.25) is 0 Å². The number of guanidine groups is 1. The van der Waals surface area contributed by atoms with Gasteiger partial charge in [0.05, 0.1) is 16.9 Å². The van der Waals surface area contributed by atoms with Crippen LogP contribution in [0, 0.1) is 0 Å². The summed E-state index contributed by atoms with van der Waals surface area (Å²) in [7, 11) is 0. The number of nitrogens with zero attached hydrogens (tertiary/aromatic N) is 3. The Kier molecular flexibility index (Phi) is 4.89. The molecule has 2 aromatic carbocycles. The van der Waals surface area contributed by atoms with Crippen molar-refractivity contribution in [1.29, 1.82) is 0 Å². The Morgan fingerprint density at radius 2 is 1.84 bits per heavy atom. The quantitative estimate of drug-likeness (QED) is 0.426. The molecule has 25 heavy (non-hydrogen) atoms. The summed E-state index contributed by atoms with van der Waals surface area (Å²) in [5, 5.41) is 8.75. The third kappa shape index (κ3) is 4.32. The molecule has 0 aliphatic rings. The van der Waals surface area contributed by atoms with Gasteiger partial charge in [-0.3, -0.25) is 0 Å². The minimum Gasteiger partial charge on any atom is -0.487 e. The normalized spacial score (nSPS) is 11.3. The number of benzene rings is 2. The molecule has 1 aromatic heterocycles. The van der Waals surface area contributed by atoms with Crippen LogP contribution in [0.4, 0.5) is 0 Å². The van der Waals surface area contributed by atoms with Crippen LogP contribution in [0.5, 0.6) is 5.75 Å². The van der Waals surface area contributed by atoms with Gasteiger partial charge < -0.3 is 16.2 Å². The fourth-order valence-corrected chi connectivity index (χ4v) is 2.35. The molecule has 0 aliphatic carbocycles. The molecule has 6 heteroatoms. The first-order valence-corrected chi connectivity index (χ1v) is 7.83. The summed E-state index contributed by atoms with van der Waals surface area (Å²) in [6.07, 6.45) is 0. The van der Waals surface area contributed by atoms with Gasteiger partial charge in [-0.2, -0.15) is 5.10 Å². The molecule has 0 aliphatic heterocycles. The van der Waals surface area contributed by atoms with Crippen LogP contribution in [-0.2, 0) is 6.61 Å². The molecule has 0 spiro atoms. The van der Waals surface area contributed by atoms with Crippen molar-refractivity contribution in [1.82, 2.24) is 4.98 Å². The molecule has 0 bridgehead atoms. The Morgan fingerprint density at radius 3 is 2.68 bits per heavy atom. The van der Waals surface area contributed by atoms with E-state index in [0.717, 1.165) is 27.9 Å². The van der Waals surface area contributed by atoms with Gasteiger partial charge in [-0.15, -0.1) is 5.10 Å².